The van der Waals surface area contributed by atoms with Crippen molar-refractivity contribution in [2.24, 2.45) is 0 Å². The van der Waals surface area contributed by atoms with Crippen LogP contribution in [0.4, 0.5) is 5.69 Å². The molecule has 0 saturated carbocycles. The Hall–Kier alpha value is -2.27. The van der Waals surface area contributed by atoms with E-state index in [4.69, 9.17) is 5.11 Å². The third-order valence-corrected chi connectivity index (χ3v) is 2.77. The molecule has 0 atom stereocenters. The number of hydrogen-bond acceptors (Lipinski definition) is 4. The molecule has 5 heteroatoms. The molecule has 1 heterocycles. The second kappa shape index (κ2) is 5.58. The zero-order valence-electron chi connectivity index (χ0n) is 10.8. The monoisotopic (exact) mass is 257 g/mol. The highest BCUT2D eigenvalue weighted by Crippen LogP contribution is 2.17. The Morgan fingerprint density at radius 1 is 1.26 bits per heavy atom. The Morgan fingerprint density at radius 2 is 2.00 bits per heavy atom. The lowest BCUT2D eigenvalue weighted by molar-refractivity contribution is 0.101. The van der Waals surface area contributed by atoms with E-state index in [-0.39, 0.29) is 23.9 Å². The zero-order valence-corrected chi connectivity index (χ0v) is 10.8. The molecule has 0 aliphatic rings. The molecule has 2 rings (SSSR count). The first-order valence-corrected chi connectivity index (χ1v) is 5.91. The number of aliphatic hydroxyl groups excluding tert-OH is 1. The van der Waals surface area contributed by atoms with Crippen LogP contribution in [0, 0.1) is 13.8 Å². The molecule has 0 aliphatic carbocycles. The SMILES string of the molecule is Cc1ccc(NC(=O)c2nccnc2CO)c(C)c1. The second-order valence-electron chi connectivity index (χ2n) is 4.28. The average Bonchev–Trinajstić information content (AvgIpc) is 2.41. The zero-order chi connectivity index (χ0) is 13.8. The fourth-order valence-corrected chi connectivity index (χ4v) is 1.81. The Kier molecular flexibility index (Phi) is 3.87. The van der Waals surface area contributed by atoms with E-state index < -0.39 is 0 Å². The first kappa shape index (κ1) is 13.2. The highest BCUT2D eigenvalue weighted by Gasteiger charge is 2.14. The van der Waals surface area contributed by atoms with Crippen molar-refractivity contribution in [3.05, 3.63) is 53.1 Å². The van der Waals surface area contributed by atoms with Crippen molar-refractivity contribution < 1.29 is 9.90 Å². The van der Waals surface area contributed by atoms with Gasteiger partial charge < -0.3 is 10.4 Å². The molecule has 0 radical (unpaired) electrons. The van der Waals surface area contributed by atoms with Gasteiger partial charge in [-0.15, -0.1) is 0 Å². The first-order chi connectivity index (χ1) is 9.11. The number of nitrogens with zero attached hydrogens (tertiary/aromatic N) is 2. The first-order valence-electron chi connectivity index (χ1n) is 5.91. The summed E-state index contributed by atoms with van der Waals surface area (Å²) in [5, 5.41) is 11.9. The maximum atomic E-state index is 12.1. The largest absolute Gasteiger partial charge is 0.390 e. The van der Waals surface area contributed by atoms with E-state index in [0.717, 1.165) is 16.8 Å². The van der Waals surface area contributed by atoms with Crippen LogP contribution in [0.1, 0.15) is 27.3 Å². The van der Waals surface area contributed by atoms with E-state index in [2.05, 4.69) is 15.3 Å². The van der Waals surface area contributed by atoms with Crippen molar-refractivity contribution in [3.8, 4) is 0 Å². The minimum atomic E-state index is -0.371. The van der Waals surface area contributed by atoms with E-state index in [1.165, 1.54) is 12.4 Å². The van der Waals surface area contributed by atoms with Crippen LogP contribution in [-0.2, 0) is 6.61 Å². The molecular formula is C14H15N3O2. The lowest BCUT2D eigenvalue weighted by atomic mass is 10.1. The number of amides is 1. The van der Waals surface area contributed by atoms with Crippen molar-refractivity contribution in [1.29, 1.82) is 0 Å². The maximum absolute atomic E-state index is 12.1. The summed E-state index contributed by atoms with van der Waals surface area (Å²) in [5.41, 5.74) is 3.24. The predicted octanol–water partition coefficient (Wildman–Crippen LogP) is 1.84. The lowest BCUT2D eigenvalue weighted by Crippen LogP contribution is -2.17. The molecule has 0 spiro atoms. The second-order valence-corrected chi connectivity index (χ2v) is 4.28. The molecular weight excluding hydrogens is 242 g/mol. The van der Waals surface area contributed by atoms with Gasteiger partial charge >= 0.3 is 0 Å². The summed E-state index contributed by atoms with van der Waals surface area (Å²) in [6.45, 7) is 3.60. The van der Waals surface area contributed by atoms with E-state index >= 15 is 0 Å². The van der Waals surface area contributed by atoms with Crippen LogP contribution in [0.2, 0.25) is 0 Å². The van der Waals surface area contributed by atoms with Gasteiger partial charge in [0.2, 0.25) is 0 Å². The third-order valence-electron chi connectivity index (χ3n) is 2.77. The molecule has 5 nitrogen and oxygen atoms in total. The summed E-state index contributed by atoms with van der Waals surface area (Å²) in [7, 11) is 0. The number of carbonyl (C=O) groups excluding carboxylic acids is 1. The van der Waals surface area contributed by atoms with Crippen molar-refractivity contribution in [2.45, 2.75) is 20.5 Å². The van der Waals surface area contributed by atoms with Gasteiger partial charge in [0, 0.05) is 18.1 Å². The highest BCUT2D eigenvalue weighted by molar-refractivity contribution is 6.03. The highest BCUT2D eigenvalue weighted by atomic mass is 16.3. The molecule has 98 valence electrons. The summed E-state index contributed by atoms with van der Waals surface area (Å²) in [4.78, 5) is 20.0. The minimum absolute atomic E-state index is 0.143. The molecule has 1 aromatic heterocycles. The van der Waals surface area contributed by atoms with Crippen LogP contribution in [0.3, 0.4) is 0 Å². The summed E-state index contributed by atoms with van der Waals surface area (Å²) in [6.07, 6.45) is 2.87. The van der Waals surface area contributed by atoms with E-state index in [9.17, 15) is 4.79 Å². The summed E-state index contributed by atoms with van der Waals surface area (Å²) in [6, 6.07) is 5.75. The van der Waals surface area contributed by atoms with Gasteiger partial charge in [-0.2, -0.15) is 0 Å². The van der Waals surface area contributed by atoms with Crippen LogP contribution in [0.25, 0.3) is 0 Å². The quantitative estimate of drug-likeness (QED) is 0.879. The summed E-state index contributed by atoms with van der Waals surface area (Å²) >= 11 is 0. The van der Waals surface area contributed by atoms with Gasteiger partial charge in [0.1, 0.15) is 0 Å². The van der Waals surface area contributed by atoms with Gasteiger partial charge in [-0.1, -0.05) is 17.7 Å². The number of hydrogen-bond donors (Lipinski definition) is 2. The van der Waals surface area contributed by atoms with Gasteiger partial charge in [0.25, 0.3) is 5.91 Å². The fourth-order valence-electron chi connectivity index (χ4n) is 1.81. The Bertz CT molecular complexity index is 611. The number of nitrogens with one attached hydrogen (secondary N) is 1. The molecule has 0 bridgehead atoms. The standard InChI is InChI=1S/C14H15N3O2/c1-9-3-4-11(10(2)7-9)17-14(19)13-12(8-18)15-5-6-16-13/h3-7,18H,8H2,1-2H3,(H,17,19). The molecule has 2 N–H and O–H groups in total. The van der Waals surface area contributed by atoms with Crippen LogP contribution in [0.15, 0.2) is 30.6 Å². The minimum Gasteiger partial charge on any atom is -0.390 e. The number of benzene rings is 1. The van der Waals surface area contributed by atoms with Gasteiger partial charge in [-0.05, 0) is 25.5 Å². The molecule has 0 fully saturated rings. The molecule has 19 heavy (non-hydrogen) atoms. The van der Waals surface area contributed by atoms with Crippen LogP contribution >= 0.6 is 0 Å². The maximum Gasteiger partial charge on any atom is 0.276 e. The van der Waals surface area contributed by atoms with E-state index in [1.54, 1.807) is 0 Å². The number of aliphatic hydroxyl groups is 1. The predicted molar refractivity (Wildman–Crippen MR) is 71.8 cm³/mol. The van der Waals surface area contributed by atoms with Gasteiger partial charge in [-0.25, -0.2) is 4.98 Å². The van der Waals surface area contributed by atoms with Gasteiger partial charge in [-0.3, -0.25) is 9.78 Å². The van der Waals surface area contributed by atoms with E-state index in [0.29, 0.717) is 0 Å². The average molecular weight is 257 g/mol. The Labute approximate surface area is 111 Å². The number of aromatic nitrogens is 2. The summed E-state index contributed by atoms with van der Waals surface area (Å²) < 4.78 is 0. The van der Waals surface area contributed by atoms with Gasteiger partial charge in [0.05, 0.1) is 12.3 Å². The molecule has 2 aromatic rings. The Morgan fingerprint density at radius 3 is 2.68 bits per heavy atom. The van der Waals surface area contributed by atoms with Gasteiger partial charge in [0.15, 0.2) is 5.69 Å². The number of aryl methyl sites for hydroxylation is 2. The number of anilines is 1. The van der Waals surface area contributed by atoms with Crippen LogP contribution in [0.5, 0.6) is 0 Å². The smallest absolute Gasteiger partial charge is 0.276 e. The molecule has 0 unspecified atom stereocenters. The third kappa shape index (κ3) is 2.95. The van der Waals surface area contributed by atoms with E-state index in [1.807, 2.05) is 32.0 Å². The summed E-state index contributed by atoms with van der Waals surface area (Å²) in [5.74, 6) is -0.371. The van der Waals surface area contributed by atoms with Crippen molar-refractivity contribution in [1.82, 2.24) is 9.97 Å². The van der Waals surface area contributed by atoms with Crippen molar-refractivity contribution >= 4 is 11.6 Å². The normalized spacial score (nSPS) is 10.3. The number of rotatable bonds is 3. The van der Waals surface area contributed by atoms with Crippen LogP contribution < -0.4 is 5.32 Å². The molecule has 0 aliphatic heterocycles. The lowest BCUT2D eigenvalue weighted by Gasteiger charge is -2.10. The number of carbonyl (C=O) groups is 1. The Balaban J connectivity index is 2.26. The topological polar surface area (TPSA) is 75.1 Å². The van der Waals surface area contributed by atoms with Crippen molar-refractivity contribution in [3.63, 3.8) is 0 Å². The molecule has 0 saturated heterocycles. The fraction of sp³-hybridized carbons (Fsp3) is 0.214. The molecule has 1 amide bonds. The van der Waals surface area contributed by atoms with Crippen LogP contribution in [-0.4, -0.2) is 21.0 Å². The molecule has 1 aromatic carbocycles. The van der Waals surface area contributed by atoms with Crippen molar-refractivity contribution in [2.75, 3.05) is 5.32 Å².